The van der Waals surface area contributed by atoms with Gasteiger partial charge in [-0.3, -0.25) is 4.79 Å². The van der Waals surface area contributed by atoms with Crippen LogP contribution in [0.15, 0.2) is 92.0 Å². The first kappa shape index (κ1) is 27.6. The van der Waals surface area contributed by atoms with Crippen LogP contribution in [-0.2, 0) is 10.0 Å². The molecular formula is C26H16Cl3N5O5S. The molecule has 2 aromatic heterocycles. The molecule has 0 aliphatic carbocycles. The van der Waals surface area contributed by atoms with Crippen LogP contribution in [0.4, 0.5) is 0 Å². The molecule has 5 aromatic rings. The Morgan fingerprint density at radius 2 is 1.73 bits per heavy atom. The van der Waals surface area contributed by atoms with Gasteiger partial charge in [0.1, 0.15) is 5.58 Å². The van der Waals surface area contributed by atoms with Crippen molar-refractivity contribution in [3.8, 4) is 16.9 Å². The summed E-state index contributed by atoms with van der Waals surface area (Å²) in [6.07, 6.45) is 1.08. The van der Waals surface area contributed by atoms with E-state index < -0.39 is 21.6 Å². The number of carbonyl (C=O) groups excluding carboxylic acids is 1. The summed E-state index contributed by atoms with van der Waals surface area (Å²) in [5, 5.41) is 14.7. The Balaban J connectivity index is 1.49. The van der Waals surface area contributed by atoms with Gasteiger partial charge in [-0.25, -0.2) is 28.5 Å². The molecule has 0 unspecified atom stereocenters. The molecule has 0 saturated heterocycles. The molecule has 5 rings (SSSR count). The van der Waals surface area contributed by atoms with Gasteiger partial charge in [-0.15, -0.1) is 0 Å². The van der Waals surface area contributed by atoms with E-state index in [0.717, 1.165) is 6.21 Å². The predicted octanol–water partition coefficient (Wildman–Crippen LogP) is 5.02. The normalized spacial score (nSPS) is 11.8. The summed E-state index contributed by atoms with van der Waals surface area (Å²) in [6.45, 7) is 0. The molecule has 0 aliphatic rings. The number of amides is 1. The largest absolute Gasteiger partial charge is 0.422 e. The number of nitrogens with one attached hydrogen (secondary N) is 1. The van der Waals surface area contributed by atoms with Gasteiger partial charge >= 0.3 is 5.63 Å². The molecule has 0 fully saturated rings. The van der Waals surface area contributed by atoms with Crippen molar-refractivity contribution in [3.05, 3.63) is 110 Å². The first-order valence-corrected chi connectivity index (χ1v) is 13.9. The van der Waals surface area contributed by atoms with Gasteiger partial charge in [0.05, 0.1) is 43.1 Å². The summed E-state index contributed by atoms with van der Waals surface area (Å²) in [5.41, 5.74) is 3.25. The quantitative estimate of drug-likeness (QED) is 0.155. The molecule has 40 heavy (non-hydrogen) atoms. The van der Waals surface area contributed by atoms with Crippen molar-refractivity contribution in [2.75, 3.05) is 0 Å². The molecule has 1 amide bonds. The van der Waals surface area contributed by atoms with Gasteiger partial charge in [0.25, 0.3) is 5.91 Å². The van der Waals surface area contributed by atoms with Crippen molar-refractivity contribution in [1.29, 1.82) is 0 Å². The number of rotatable bonds is 6. The molecule has 14 heteroatoms. The molecule has 0 atom stereocenters. The monoisotopic (exact) mass is 615 g/mol. The maximum atomic E-state index is 13.0. The Kier molecular flexibility index (Phi) is 7.49. The summed E-state index contributed by atoms with van der Waals surface area (Å²) in [4.78, 5) is 25.2. The number of hydrogen-bond donors (Lipinski definition) is 2. The number of nitrogens with zero attached hydrogens (tertiary/aromatic N) is 3. The number of nitrogens with two attached hydrogens (primary N) is 1. The Bertz CT molecular complexity index is 1990. The summed E-state index contributed by atoms with van der Waals surface area (Å²) in [5.74, 6) is -0.709. The molecule has 0 bridgehead atoms. The van der Waals surface area contributed by atoms with Crippen LogP contribution in [-0.4, -0.2) is 30.3 Å². The Hall–Kier alpha value is -4.00. The Labute approximate surface area is 241 Å². The van der Waals surface area contributed by atoms with Crippen molar-refractivity contribution in [2.24, 2.45) is 10.2 Å². The minimum Gasteiger partial charge on any atom is -0.422 e. The van der Waals surface area contributed by atoms with E-state index in [0.29, 0.717) is 32.9 Å². The van der Waals surface area contributed by atoms with Gasteiger partial charge in [-0.2, -0.15) is 10.2 Å². The molecule has 0 aliphatic heterocycles. The van der Waals surface area contributed by atoms with Crippen LogP contribution < -0.4 is 16.2 Å². The van der Waals surface area contributed by atoms with Gasteiger partial charge < -0.3 is 4.42 Å². The molecule has 0 radical (unpaired) electrons. The maximum absolute atomic E-state index is 13.0. The Morgan fingerprint density at radius 1 is 1.00 bits per heavy atom. The van der Waals surface area contributed by atoms with Crippen LogP contribution >= 0.6 is 34.8 Å². The number of carbonyl (C=O) groups is 1. The Morgan fingerprint density at radius 3 is 2.42 bits per heavy atom. The number of fused-ring (bicyclic) bond motifs is 1. The standard InChI is InChI=1S/C26H16Cl3N5O5S/c27-19-10-5-14(11-20(19)28)22-12-21(33-34(22)15-6-8-16(9-7-15)40(30,37)38)25(35)32-31-13-18-24(29)17-3-1-2-4-23(17)39-26(18)36/h1-13H,(H,32,35)(H2,30,37,38)/b31-13+. The highest BCUT2D eigenvalue weighted by Crippen LogP contribution is 2.31. The number of halogens is 3. The molecule has 3 aromatic carbocycles. The average molecular weight is 617 g/mol. The number of sulfonamides is 1. The van der Waals surface area contributed by atoms with Crippen molar-refractivity contribution in [1.82, 2.24) is 15.2 Å². The maximum Gasteiger partial charge on any atom is 0.346 e. The van der Waals surface area contributed by atoms with Gasteiger partial charge in [0.2, 0.25) is 10.0 Å². The lowest BCUT2D eigenvalue weighted by molar-refractivity contribution is 0.0949. The smallest absolute Gasteiger partial charge is 0.346 e. The summed E-state index contributed by atoms with van der Waals surface area (Å²) >= 11 is 18.6. The van der Waals surface area contributed by atoms with E-state index in [1.807, 2.05) is 0 Å². The first-order chi connectivity index (χ1) is 19.0. The van der Waals surface area contributed by atoms with Crippen LogP contribution in [0.5, 0.6) is 0 Å². The van der Waals surface area contributed by atoms with E-state index in [1.165, 1.54) is 35.0 Å². The zero-order valence-electron chi connectivity index (χ0n) is 20.0. The zero-order chi connectivity index (χ0) is 28.6. The lowest BCUT2D eigenvalue weighted by Crippen LogP contribution is -2.19. The van der Waals surface area contributed by atoms with Gasteiger partial charge in [0.15, 0.2) is 5.69 Å². The van der Waals surface area contributed by atoms with E-state index in [1.54, 1.807) is 42.5 Å². The van der Waals surface area contributed by atoms with Crippen molar-refractivity contribution < 1.29 is 17.6 Å². The highest BCUT2D eigenvalue weighted by molar-refractivity contribution is 7.89. The van der Waals surface area contributed by atoms with Crippen molar-refractivity contribution >= 4 is 67.9 Å². The van der Waals surface area contributed by atoms with Crippen LogP contribution in [0.3, 0.4) is 0 Å². The minimum absolute atomic E-state index is 0.0439. The predicted molar refractivity (Wildman–Crippen MR) is 153 cm³/mol. The molecule has 3 N–H and O–H groups in total. The van der Waals surface area contributed by atoms with E-state index in [9.17, 15) is 18.0 Å². The lowest BCUT2D eigenvalue weighted by Gasteiger charge is -2.09. The van der Waals surface area contributed by atoms with Crippen LogP contribution in [0, 0.1) is 0 Å². The summed E-state index contributed by atoms with van der Waals surface area (Å²) in [6, 6.07) is 18.7. The van der Waals surface area contributed by atoms with E-state index >= 15 is 0 Å². The third-order valence-electron chi connectivity index (χ3n) is 5.71. The number of para-hydroxylation sites is 1. The van der Waals surface area contributed by atoms with Gasteiger partial charge in [0, 0.05) is 10.9 Å². The molecule has 202 valence electrons. The van der Waals surface area contributed by atoms with Crippen LogP contribution in [0.1, 0.15) is 16.1 Å². The molecule has 0 saturated carbocycles. The van der Waals surface area contributed by atoms with E-state index in [-0.39, 0.29) is 26.2 Å². The second-order valence-electron chi connectivity index (χ2n) is 8.31. The first-order valence-electron chi connectivity index (χ1n) is 11.3. The number of primary sulfonamides is 1. The topological polar surface area (TPSA) is 150 Å². The fourth-order valence-electron chi connectivity index (χ4n) is 3.78. The fourth-order valence-corrected chi connectivity index (χ4v) is 4.87. The highest BCUT2D eigenvalue weighted by atomic mass is 35.5. The number of aromatic nitrogens is 2. The summed E-state index contributed by atoms with van der Waals surface area (Å²) < 4.78 is 30.0. The second kappa shape index (κ2) is 10.9. The SMILES string of the molecule is NS(=O)(=O)c1ccc(-n2nc(C(=O)N/N=C/c3c(Cl)c4ccccc4oc3=O)cc2-c2ccc(Cl)c(Cl)c2)cc1. The van der Waals surface area contributed by atoms with Gasteiger partial charge in [-0.05, 0) is 54.6 Å². The third kappa shape index (κ3) is 5.51. The number of benzene rings is 3. The third-order valence-corrected chi connectivity index (χ3v) is 7.78. The van der Waals surface area contributed by atoms with Crippen LogP contribution in [0.25, 0.3) is 27.9 Å². The van der Waals surface area contributed by atoms with E-state index in [4.69, 9.17) is 44.4 Å². The van der Waals surface area contributed by atoms with Crippen LogP contribution in [0.2, 0.25) is 15.1 Å². The van der Waals surface area contributed by atoms with Crippen molar-refractivity contribution in [3.63, 3.8) is 0 Å². The fraction of sp³-hybridized carbons (Fsp3) is 0. The molecule has 10 nitrogen and oxygen atoms in total. The molecule has 0 spiro atoms. The zero-order valence-corrected chi connectivity index (χ0v) is 23.1. The second-order valence-corrected chi connectivity index (χ2v) is 11.1. The molecule has 2 heterocycles. The minimum atomic E-state index is -3.91. The number of hydrogen-bond acceptors (Lipinski definition) is 7. The lowest BCUT2D eigenvalue weighted by atomic mass is 10.1. The number of hydrazone groups is 1. The molecular weight excluding hydrogens is 601 g/mol. The highest BCUT2D eigenvalue weighted by Gasteiger charge is 2.19. The average Bonchev–Trinajstić information content (AvgIpc) is 3.37. The summed E-state index contributed by atoms with van der Waals surface area (Å²) in [7, 11) is -3.91. The van der Waals surface area contributed by atoms with Gasteiger partial charge in [-0.1, -0.05) is 53.0 Å². The van der Waals surface area contributed by atoms with E-state index in [2.05, 4.69) is 15.6 Å². The van der Waals surface area contributed by atoms with Crippen molar-refractivity contribution in [2.45, 2.75) is 4.90 Å².